The minimum absolute atomic E-state index is 0.0582. The molecular weight excluding hydrogens is 272 g/mol. The summed E-state index contributed by atoms with van der Waals surface area (Å²) >= 11 is 0. The molecule has 21 heavy (non-hydrogen) atoms. The van der Waals surface area contributed by atoms with E-state index in [1.807, 2.05) is 0 Å². The van der Waals surface area contributed by atoms with E-state index in [0.29, 0.717) is 5.76 Å². The molecule has 2 aromatic rings. The molecule has 0 bridgehead atoms. The lowest BCUT2D eigenvalue weighted by Crippen LogP contribution is -2.35. The Morgan fingerprint density at radius 2 is 2.24 bits per heavy atom. The summed E-state index contributed by atoms with van der Waals surface area (Å²) in [6.45, 7) is 0.185. The van der Waals surface area contributed by atoms with Gasteiger partial charge >= 0.3 is 0 Å². The third kappa shape index (κ3) is 4.77. The maximum atomic E-state index is 11.5. The SMILES string of the molecule is O=C(/C=C/c1ccco1)NC[C@H](O)Cn1ccccc1=O. The summed E-state index contributed by atoms with van der Waals surface area (Å²) in [5, 5.41) is 12.4. The molecule has 0 saturated heterocycles. The Kier molecular flexibility index (Phi) is 5.11. The fourth-order valence-corrected chi connectivity index (χ4v) is 1.72. The van der Waals surface area contributed by atoms with Gasteiger partial charge in [-0.3, -0.25) is 9.59 Å². The van der Waals surface area contributed by atoms with Gasteiger partial charge in [0.25, 0.3) is 5.56 Å². The number of amides is 1. The van der Waals surface area contributed by atoms with Crippen LogP contribution in [0.1, 0.15) is 5.76 Å². The summed E-state index contributed by atoms with van der Waals surface area (Å²) in [7, 11) is 0. The number of carbonyl (C=O) groups excluding carboxylic acids is 1. The Morgan fingerprint density at radius 1 is 1.38 bits per heavy atom. The first-order chi connectivity index (χ1) is 10.1. The van der Waals surface area contributed by atoms with Gasteiger partial charge in [0.2, 0.25) is 5.91 Å². The molecule has 0 radical (unpaired) electrons. The first-order valence-corrected chi connectivity index (χ1v) is 6.48. The highest BCUT2D eigenvalue weighted by Gasteiger charge is 2.07. The highest BCUT2D eigenvalue weighted by atomic mass is 16.3. The maximum Gasteiger partial charge on any atom is 0.250 e. The molecule has 0 aliphatic carbocycles. The lowest BCUT2D eigenvalue weighted by atomic mass is 10.3. The fourth-order valence-electron chi connectivity index (χ4n) is 1.72. The molecular formula is C15H16N2O4. The van der Waals surface area contributed by atoms with Gasteiger partial charge in [-0.1, -0.05) is 6.07 Å². The van der Waals surface area contributed by atoms with E-state index in [-0.39, 0.29) is 24.6 Å². The third-order valence-corrected chi connectivity index (χ3v) is 2.76. The van der Waals surface area contributed by atoms with Crippen LogP contribution < -0.4 is 10.9 Å². The van der Waals surface area contributed by atoms with Crippen molar-refractivity contribution in [3.05, 3.63) is 65.0 Å². The van der Waals surface area contributed by atoms with Crippen LogP contribution in [0.3, 0.4) is 0 Å². The average Bonchev–Trinajstić information content (AvgIpc) is 2.99. The summed E-state index contributed by atoms with van der Waals surface area (Å²) in [6, 6.07) is 8.20. The Hall–Kier alpha value is -2.60. The molecule has 0 fully saturated rings. The number of aromatic nitrogens is 1. The summed E-state index contributed by atoms with van der Waals surface area (Å²) in [6.07, 6.45) is 5.11. The van der Waals surface area contributed by atoms with Crippen LogP contribution >= 0.6 is 0 Å². The molecule has 2 rings (SSSR count). The zero-order valence-corrected chi connectivity index (χ0v) is 11.3. The summed E-state index contributed by atoms with van der Waals surface area (Å²) < 4.78 is 6.43. The highest BCUT2D eigenvalue weighted by Crippen LogP contribution is 2.01. The summed E-state index contributed by atoms with van der Waals surface area (Å²) in [4.78, 5) is 23.0. The van der Waals surface area contributed by atoms with Gasteiger partial charge < -0.3 is 19.4 Å². The van der Waals surface area contributed by atoms with Gasteiger partial charge in [-0.15, -0.1) is 0 Å². The molecule has 1 amide bonds. The molecule has 1 atom stereocenters. The van der Waals surface area contributed by atoms with E-state index in [0.717, 1.165) is 0 Å². The molecule has 2 heterocycles. The van der Waals surface area contributed by atoms with Crippen molar-refractivity contribution in [3.8, 4) is 0 Å². The van der Waals surface area contributed by atoms with E-state index in [2.05, 4.69) is 5.32 Å². The van der Waals surface area contributed by atoms with Crippen LogP contribution in [0.15, 0.2) is 58.1 Å². The number of hydrogen-bond donors (Lipinski definition) is 2. The molecule has 0 spiro atoms. The van der Waals surface area contributed by atoms with Gasteiger partial charge in [0, 0.05) is 24.9 Å². The molecule has 0 unspecified atom stereocenters. The Balaban J connectivity index is 1.78. The summed E-state index contributed by atoms with van der Waals surface area (Å²) in [5.41, 5.74) is -0.194. The molecule has 0 aliphatic rings. The van der Waals surface area contributed by atoms with Crippen LogP contribution in [0.25, 0.3) is 6.08 Å². The second-order valence-corrected chi connectivity index (χ2v) is 4.44. The number of hydrogen-bond acceptors (Lipinski definition) is 4. The Bertz CT molecular complexity index is 658. The van der Waals surface area contributed by atoms with E-state index < -0.39 is 6.10 Å². The van der Waals surface area contributed by atoms with Crippen LogP contribution in [0.5, 0.6) is 0 Å². The molecule has 6 heteroatoms. The minimum Gasteiger partial charge on any atom is -0.465 e. The predicted octanol–water partition coefficient (Wildman–Crippen LogP) is 0.632. The standard InChI is InChI=1S/C15H16N2O4/c18-12(11-17-8-2-1-5-15(17)20)10-16-14(19)7-6-13-4-3-9-21-13/h1-9,12,18H,10-11H2,(H,16,19)/b7-6+/t12-/m0/s1. The number of aliphatic hydroxyl groups is 1. The normalized spacial score (nSPS) is 12.4. The van der Waals surface area contributed by atoms with E-state index >= 15 is 0 Å². The van der Waals surface area contributed by atoms with Crippen LogP contribution in [0.4, 0.5) is 0 Å². The smallest absolute Gasteiger partial charge is 0.250 e. The van der Waals surface area contributed by atoms with Gasteiger partial charge in [-0.05, 0) is 24.3 Å². The van der Waals surface area contributed by atoms with Gasteiger partial charge in [0.1, 0.15) is 5.76 Å². The van der Waals surface area contributed by atoms with Gasteiger partial charge in [-0.25, -0.2) is 0 Å². The molecule has 0 aromatic carbocycles. The number of furan rings is 1. The van der Waals surface area contributed by atoms with Gasteiger partial charge in [-0.2, -0.15) is 0 Å². The zero-order chi connectivity index (χ0) is 15.1. The molecule has 2 N–H and O–H groups in total. The largest absolute Gasteiger partial charge is 0.465 e. The van der Waals surface area contributed by atoms with Crippen molar-refractivity contribution >= 4 is 12.0 Å². The van der Waals surface area contributed by atoms with Crippen LogP contribution in [0.2, 0.25) is 0 Å². The fraction of sp³-hybridized carbons (Fsp3) is 0.200. The number of carbonyl (C=O) groups is 1. The maximum absolute atomic E-state index is 11.5. The van der Waals surface area contributed by atoms with Crippen LogP contribution in [-0.2, 0) is 11.3 Å². The second-order valence-electron chi connectivity index (χ2n) is 4.44. The highest BCUT2D eigenvalue weighted by molar-refractivity contribution is 5.91. The third-order valence-electron chi connectivity index (χ3n) is 2.76. The zero-order valence-electron chi connectivity index (χ0n) is 11.3. The number of nitrogens with zero attached hydrogens (tertiary/aromatic N) is 1. The van der Waals surface area contributed by atoms with Crippen LogP contribution in [0, 0.1) is 0 Å². The van der Waals surface area contributed by atoms with E-state index in [9.17, 15) is 14.7 Å². The van der Waals surface area contributed by atoms with E-state index in [4.69, 9.17) is 4.42 Å². The second kappa shape index (κ2) is 7.25. The monoisotopic (exact) mass is 288 g/mol. The van der Waals surface area contributed by atoms with Crippen molar-refractivity contribution < 1.29 is 14.3 Å². The number of rotatable bonds is 6. The number of pyridine rings is 1. The summed E-state index contributed by atoms with van der Waals surface area (Å²) in [5.74, 6) is 0.229. The molecule has 0 aliphatic heterocycles. The predicted molar refractivity (Wildman–Crippen MR) is 77.5 cm³/mol. The first kappa shape index (κ1) is 14.8. The molecule has 6 nitrogen and oxygen atoms in total. The first-order valence-electron chi connectivity index (χ1n) is 6.48. The minimum atomic E-state index is -0.842. The van der Waals surface area contributed by atoms with E-state index in [1.54, 1.807) is 30.5 Å². The van der Waals surface area contributed by atoms with Crippen molar-refractivity contribution in [1.82, 2.24) is 9.88 Å². The van der Waals surface area contributed by atoms with Crippen molar-refractivity contribution in [3.63, 3.8) is 0 Å². The van der Waals surface area contributed by atoms with E-state index in [1.165, 1.54) is 29.0 Å². The van der Waals surface area contributed by atoms with Crippen molar-refractivity contribution in [2.75, 3.05) is 6.54 Å². The molecule has 110 valence electrons. The van der Waals surface area contributed by atoms with Gasteiger partial charge in [0.15, 0.2) is 0 Å². The molecule has 0 saturated carbocycles. The Labute approximate surface area is 121 Å². The Morgan fingerprint density at radius 3 is 2.95 bits per heavy atom. The lowest BCUT2D eigenvalue weighted by Gasteiger charge is -2.12. The number of aliphatic hydroxyl groups excluding tert-OH is 1. The topological polar surface area (TPSA) is 84.5 Å². The quantitative estimate of drug-likeness (QED) is 0.764. The average molecular weight is 288 g/mol. The lowest BCUT2D eigenvalue weighted by molar-refractivity contribution is -0.116. The number of nitrogens with one attached hydrogen (secondary N) is 1. The van der Waals surface area contributed by atoms with Crippen molar-refractivity contribution in [1.29, 1.82) is 0 Å². The molecule has 2 aromatic heterocycles. The van der Waals surface area contributed by atoms with Crippen molar-refractivity contribution in [2.45, 2.75) is 12.6 Å². The van der Waals surface area contributed by atoms with Crippen LogP contribution in [-0.4, -0.2) is 28.2 Å². The van der Waals surface area contributed by atoms with Gasteiger partial charge in [0.05, 0.1) is 18.9 Å². The van der Waals surface area contributed by atoms with Crippen molar-refractivity contribution in [2.24, 2.45) is 0 Å².